The van der Waals surface area contributed by atoms with E-state index in [1.807, 2.05) is 0 Å². The maximum absolute atomic E-state index is 11.8. The fourth-order valence-electron chi connectivity index (χ4n) is 2.29. The number of carbonyl (C=O) groups excluding carboxylic acids is 1. The van der Waals surface area contributed by atoms with Crippen molar-refractivity contribution < 1.29 is 9.21 Å². The zero-order valence-corrected chi connectivity index (χ0v) is 10.3. The van der Waals surface area contributed by atoms with E-state index in [1.165, 1.54) is 19.1 Å². The predicted molar refractivity (Wildman–Crippen MR) is 66.0 cm³/mol. The number of nitrogens with one attached hydrogen (secondary N) is 1. The summed E-state index contributed by atoms with van der Waals surface area (Å²) in [6.45, 7) is 3.93. The van der Waals surface area contributed by atoms with Crippen molar-refractivity contribution in [3.8, 4) is 0 Å². The minimum absolute atomic E-state index is 0.189. The van der Waals surface area contributed by atoms with Crippen molar-refractivity contribution in [3.63, 3.8) is 0 Å². The number of hydrogen-bond acceptors (Lipinski definition) is 3. The lowest BCUT2D eigenvalue weighted by Gasteiger charge is -2.07. The first-order valence-corrected chi connectivity index (χ1v) is 6.13. The van der Waals surface area contributed by atoms with E-state index < -0.39 is 0 Å². The van der Waals surface area contributed by atoms with Crippen LogP contribution in [0.15, 0.2) is 21.8 Å². The van der Waals surface area contributed by atoms with Gasteiger partial charge in [0.2, 0.25) is 0 Å². The number of nitrogens with zero attached hydrogens (tertiary/aromatic N) is 1. The number of amides is 1. The molecule has 0 spiro atoms. The van der Waals surface area contributed by atoms with Crippen LogP contribution < -0.4 is 5.43 Å². The molecule has 0 saturated heterocycles. The Kier molecular flexibility index (Phi) is 3.61. The van der Waals surface area contributed by atoms with E-state index in [0.717, 1.165) is 18.6 Å². The molecule has 1 aromatic rings. The topological polar surface area (TPSA) is 54.6 Å². The molecule has 1 aromatic heterocycles. The van der Waals surface area contributed by atoms with Gasteiger partial charge in [0.1, 0.15) is 5.76 Å². The third kappa shape index (κ3) is 2.57. The molecule has 1 atom stereocenters. The SMILES string of the molecule is CC[C@H]1CCC/C1=N/NC(=O)c1ccoc1C. The Bertz CT molecular complexity index is 434. The van der Waals surface area contributed by atoms with Gasteiger partial charge in [-0.1, -0.05) is 6.92 Å². The van der Waals surface area contributed by atoms with Crippen LogP contribution in [0.1, 0.15) is 48.7 Å². The molecule has 17 heavy (non-hydrogen) atoms. The van der Waals surface area contributed by atoms with Gasteiger partial charge in [0, 0.05) is 5.71 Å². The highest BCUT2D eigenvalue weighted by Crippen LogP contribution is 2.24. The first-order valence-electron chi connectivity index (χ1n) is 6.13. The van der Waals surface area contributed by atoms with Gasteiger partial charge in [0.15, 0.2) is 0 Å². The van der Waals surface area contributed by atoms with E-state index in [4.69, 9.17) is 4.42 Å². The highest BCUT2D eigenvalue weighted by Gasteiger charge is 2.21. The maximum Gasteiger partial charge on any atom is 0.274 e. The summed E-state index contributed by atoms with van der Waals surface area (Å²) in [5.74, 6) is 0.979. The number of hydrazone groups is 1. The number of furan rings is 1. The summed E-state index contributed by atoms with van der Waals surface area (Å²) in [7, 11) is 0. The van der Waals surface area contributed by atoms with Gasteiger partial charge in [0.05, 0.1) is 11.8 Å². The van der Waals surface area contributed by atoms with Crippen molar-refractivity contribution in [2.45, 2.75) is 39.5 Å². The van der Waals surface area contributed by atoms with Gasteiger partial charge in [0.25, 0.3) is 5.91 Å². The summed E-state index contributed by atoms with van der Waals surface area (Å²) >= 11 is 0. The number of rotatable bonds is 3. The van der Waals surface area contributed by atoms with Crippen LogP contribution in [0.4, 0.5) is 0 Å². The molecule has 1 heterocycles. The van der Waals surface area contributed by atoms with Crippen molar-refractivity contribution in [3.05, 3.63) is 23.7 Å². The second-order valence-electron chi connectivity index (χ2n) is 4.43. The Morgan fingerprint density at radius 1 is 1.65 bits per heavy atom. The van der Waals surface area contributed by atoms with Crippen LogP contribution in [0.3, 0.4) is 0 Å². The number of carbonyl (C=O) groups is 1. The summed E-state index contributed by atoms with van der Waals surface area (Å²) in [6.07, 6.45) is 5.98. The summed E-state index contributed by atoms with van der Waals surface area (Å²) in [5.41, 5.74) is 4.30. The van der Waals surface area contributed by atoms with Gasteiger partial charge in [-0.25, -0.2) is 5.43 Å². The minimum Gasteiger partial charge on any atom is -0.469 e. The van der Waals surface area contributed by atoms with Crippen LogP contribution >= 0.6 is 0 Å². The monoisotopic (exact) mass is 234 g/mol. The van der Waals surface area contributed by atoms with Crippen LogP contribution in [0.2, 0.25) is 0 Å². The largest absolute Gasteiger partial charge is 0.469 e. The van der Waals surface area contributed by atoms with E-state index in [-0.39, 0.29) is 5.91 Å². The van der Waals surface area contributed by atoms with E-state index in [2.05, 4.69) is 17.5 Å². The van der Waals surface area contributed by atoms with Crippen molar-refractivity contribution in [2.24, 2.45) is 11.0 Å². The van der Waals surface area contributed by atoms with Gasteiger partial charge in [-0.3, -0.25) is 4.79 Å². The van der Waals surface area contributed by atoms with Crippen LogP contribution in [-0.2, 0) is 0 Å². The third-order valence-corrected chi connectivity index (χ3v) is 3.35. The fraction of sp³-hybridized carbons (Fsp3) is 0.538. The van der Waals surface area contributed by atoms with E-state index in [0.29, 0.717) is 17.2 Å². The lowest BCUT2D eigenvalue weighted by atomic mass is 10.0. The lowest BCUT2D eigenvalue weighted by Crippen LogP contribution is -2.21. The molecule has 2 rings (SSSR count). The standard InChI is InChI=1S/C13H18N2O2/c1-3-10-5-4-6-12(10)14-15-13(16)11-7-8-17-9(11)2/h7-8,10H,3-6H2,1-2H3,(H,15,16)/b14-12-/t10-/m0/s1. The summed E-state index contributed by atoms with van der Waals surface area (Å²) in [5, 5.41) is 4.25. The Morgan fingerprint density at radius 3 is 3.12 bits per heavy atom. The van der Waals surface area contributed by atoms with E-state index >= 15 is 0 Å². The fourth-order valence-corrected chi connectivity index (χ4v) is 2.29. The molecule has 1 fully saturated rings. The summed E-state index contributed by atoms with van der Waals surface area (Å²) in [6, 6.07) is 1.66. The molecule has 4 nitrogen and oxygen atoms in total. The van der Waals surface area contributed by atoms with Crippen LogP contribution in [-0.4, -0.2) is 11.6 Å². The lowest BCUT2D eigenvalue weighted by molar-refractivity contribution is 0.0953. The first-order chi connectivity index (χ1) is 8.22. The summed E-state index contributed by atoms with van der Waals surface area (Å²) < 4.78 is 5.09. The zero-order chi connectivity index (χ0) is 12.3. The molecule has 1 aliphatic carbocycles. The van der Waals surface area contributed by atoms with E-state index in [9.17, 15) is 4.79 Å². The van der Waals surface area contributed by atoms with Crippen molar-refractivity contribution in [1.82, 2.24) is 5.43 Å². The van der Waals surface area contributed by atoms with Gasteiger partial charge in [-0.05, 0) is 44.6 Å². The minimum atomic E-state index is -0.189. The Hall–Kier alpha value is -1.58. The molecular formula is C13H18N2O2. The molecule has 0 bridgehead atoms. The highest BCUT2D eigenvalue weighted by molar-refractivity contribution is 5.96. The van der Waals surface area contributed by atoms with Crippen LogP contribution in [0, 0.1) is 12.8 Å². The molecule has 4 heteroatoms. The smallest absolute Gasteiger partial charge is 0.274 e. The number of hydrogen-bond donors (Lipinski definition) is 1. The maximum atomic E-state index is 11.8. The molecule has 0 radical (unpaired) electrons. The first kappa shape index (κ1) is 11.9. The van der Waals surface area contributed by atoms with Gasteiger partial charge in [-0.2, -0.15) is 5.10 Å². The Labute approximate surface area is 101 Å². The van der Waals surface area contributed by atoms with E-state index in [1.54, 1.807) is 13.0 Å². The molecule has 0 aliphatic heterocycles. The predicted octanol–water partition coefficient (Wildman–Crippen LogP) is 2.88. The molecule has 0 aromatic carbocycles. The summed E-state index contributed by atoms with van der Waals surface area (Å²) in [4.78, 5) is 11.8. The van der Waals surface area contributed by atoms with Gasteiger partial charge < -0.3 is 4.42 Å². The van der Waals surface area contributed by atoms with Crippen molar-refractivity contribution in [2.75, 3.05) is 0 Å². The third-order valence-electron chi connectivity index (χ3n) is 3.35. The molecule has 1 aliphatic rings. The number of aryl methyl sites for hydroxylation is 1. The molecule has 92 valence electrons. The molecule has 0 unspecified atom stereocenters. The molecule has 1 amide bonds. The second kappa shape index (κ2) is 5.17. The average molecular weight is 234 g/mol. The zero-order valence-electron chi connectivity index (χ0n) is 10.3. The second-order valence-corrected chi connectivity index (χ2v) is 4.43. The highest BCUT2D eigenvalue weighted by atomic mass is 16.3. The van der Waals surface area contributed by atoms with Gasteiger partial charge >= 0.3 is 0 Å². The molecule has 1 saturated carbocycles. The van der Waals surface area contributed by atoms with Crippen molar-refractivity contribution in [1.29, 1.82) is 0 Å². The Morgan fingerprint density at radius 2 is 2.47 bits per heavy atom. The van der Waals surface area contributed by atoms with Crippen LogP contribution in [0.25, 0.3) is 0 Å². The van der Waals surface area contributed by atoms with Crippen LogP contribution in [0.5, 0.6) is 0 Å². The van der Waals surface area contributed by atoms with Crippen molar-refractivity contribution >= 4 is 11.6 Å². The quantitative estimate of drug-likeness (QED) is 0.817. The molecule has 1 N–H and O–H groups in total. The normalized spacial score (nSPS) is 22.0. The average Bonchev–Trinajstić information content (AvgIpc) is 2.94. The Balaban J connectivity index is 2.00. The van der Waals surface area contributed by atoms with Gasteiger partial charge in [-0.15, -0.1) is 0 Å². The molecular weight excluding hydrogens is 216 g/mol.